The predicted molar refractivity (Wildman–Crippen MR) is 81.7 cm³/mol. The zero-order valence-electron chi connectivity index (χ0n) is 12.3. The molecular formula is C13H10BrF3N4O3. The highest BCUT2D eigenvalue weighted by molar-refractivity contribution is 9.10. The van der Waals surface area contributed by atoms with Crippen LogP contribution in [0.15, 0.2) is 22.7 Å². The number of aryl methyl sites for hydroxylation is 2. The number of nitro groups is 1. The molecule has 2 aromatic rings. The topological polar surface area (TPSA) is 90.1 Å². The van der Waals surface area contributed by atoms with Crippen molar-refractivity contribution >= 4 is 33.2 Å². The fraction of sp³-hybridized carbons (Fsp3) is 0.231. The number of non-ortho nitro benzene ring substituents is 1. The van der Waals surface area contributed by atoms with Crippen LogP contribution in [0.25, 0.3) is 0 Å². The Morgan fingerprint density at radius 1 is 1.42 bits per heavy atom. The third-order valence-electron chi connectivity index (χ3n) is 3.14. The fourth-order valence-corrected chi connectivity index (χ4v) is 2.75. The molecule has 1 N–H and O–H groups in total. The Morgan fingerprint density at radius 3 is 2.50 bits per heavy atom. The summed E-state index contributed by atoms with van der Waals surface area (Å²) in [6.07, 6.45) is -4.71. The molecule has 0 saturated carbocycles. The normalized spacial score (nSPS) is 11.4. The number of nitro benzene ring substituents is 1. The van der Waals surface area contributed by atoms with Crippen molar-refractivity contribution in [1.29, 1.82) is 0 Å². The van der Waals surface area contributed by atoms with Gasteiger partial charge in [-0.15, -0.1) is 0 Å². The number of halogens is 4. The number of hydrogen-bond acceptors (Lipinski definition) is 4. The molecule has 0 aliphatic rings. The van der Waals surface area contributed by atoms with Crippen molar-refractivity contribution in [2.24, 2.45) is 7.05 Å². The summed E-state index contributed by atoms with van der Waals surface area (Å²) in [4.78, 5) is 22.4. The van der Waals surface area contributed by atoms with Gasteiger partial charge in [-0.2, -0.15) is 18.3 Å². The summed E-state index contributed by atoms with van der Waals surface area (Å²) in [7, 11) is 1.21. The summed E-state index contributed by atoms with van der Waals surface area (Å²) in [5.74, 6) is -0.829. The summed E-state index contributed by atoms with van der Waals surface area (Å²) in [5, 5.41) is 16.4. The van der Waals surface area contributed by atoms with E-state index in [-0.39, 0.29) is 17.1 Å². The molecule has 11 heteroatoms. The summed E-state index contributed by atoms with van der Waals surface area (Å²) in [5.41, 5.74) is -1.05. The molecule has 1 heterocycles. The lowest BCUT2D eigenvalue weighted by atomic mass is 10.1. The number of aromatic nitrogens is 2. The smallest absolute Gasteiger partial charge is 0.320 e. The van der Waals surface area contributed by atoms with Crippen molar-refractivity contribution in [3.05, 3.63) is 49.7 Å². The lowest BCUT2D eigenvalue weighted by molar-refractivity contribution is -0.384. The van der Waals surface area contributed by atoms with Gasteiger partial charge in [-0.1, -0.05) is 0 Å². The minimum Gasteiger partial charge on any atom is -0.320 e. The SMILES string of the molecule is Cc1cc([N+](=O)[O-])ccc1NC(=O)c1c(Br)c(C(F)(F)F)nn1C. The number of hydrogen-bond donors (Lipinski definition) is 1. The molecule has 1 amide bonds. The third-order valence-corrected chi connectivity index (χ3v) is 3.89. The number of benzene rings is 1. The van der Waals surface area contributed by atoms with Crippen molar-refractivity contribution in [3.8, 4) is 0 Å². The number of carbonyl (C=O) groups is 1. The molecule has 0 atom stereocenters. The zero-order valence-corrected chi connectivity index (χ0v) is 13.9. The summed E-state index contributed by atoms with van der Waals surface area (Å²) >= 11 is 2.75. The van der Waals surface area contributed by atoms with Crippen LogP contribution in [-0.4, -0.2) is 20.6 Å². The molecule has 0 aliphatic carbocycles. The van der Waals surface area contributed by atoms with Crippen LogP contribution in [0, 0.1) is 17.0 Å². The Bertz CT molecular complexity index is 833. The van der Waals surface area contributed by atoms with Gasteiger partial charge in [0, 0.05) is 24.9 Å². The van der Waals surface area contributed by atoms with Crippen molar-refractivity contribution in [3.63, 3.8) is 0 Å². The number of anilines is 1. The van der Waals surface area contributed by atoms with Crippen molar-refractivity contribution in [1.82, 2.24) is 9.78 Å². The van der Waals surface area contributed by atoms with Gasteiger partial charge in [0.1, 0.15) is 5.69 Å². The van der Waals surface area contributed by atoms with Gasteiger partial charge < -0.3 is 5.32 Å². The van der Waals surface area contributed by atoms with Gasteiger partial charge in [-0.25, -0.2) is 0 Å². The van der Waals surface area contributed by atoms with Crippen LogP contribution in [0.1, 0.15) is 21.7 Å². The Balaban J connectivity index is 2.35. The van der Waals surface area contributed by atoms with E-state index in [9.17, 15) is 28.1 Å². The molecule has 7 nitrogen and oxygen atoms in total. The minimum atomic E-state index is -4.71. The molecule has 0 spiro atoms. The maximum atomic E-state index is 12.8. The van der Waals surface area contributed by atoms with Gasteiger partial charge in [0.25, 0.3) is 11.6 Å². The van der Waals surface area contributed by atoms with Crippen LogP contribution in [0.3, 0.4) is 0 Å². The highest BCUT2D eigenvalue weighted by atomic mass is 79.9. The van der Waals surface area contributed by atoms with E-state index in [0.29, 0.717) is 5.56 Å². The van der Waals surface area contributed by atoms with E-state index in [0.717, 1.165) is 4.68 Å². The first-order chi connectivity index (χ1) is 11.0. The van der Waals surface area contributed by atoms with Gasteiger partial charge in [0.2, 0.25) is 0 Å². The van der Waals surface area contributed by atoms with Crippen LogP contribution in [0.5, 0.6) is 0 Å². The molecule has 0 radical (unpaired) electrons. The highest BCUT2D eigenvalue weighted by Crippen LogP contribution is 2.35. The largest absolute Gasteiger partial charge is 0.436 e. The molecule has 24 heavy (non-hydrogen) atoms. The first-order valence-electron chi connectivity index (χ1n) is 6.38. The van der Waals surface area contributed by atoms with Crippen LogP contribution in [0.2, 0.25) is 0 Å². The van der Waals surface area contributed by atoms with Crippen molar-refractivity contribution in [2.45, 2.75) is 13.1 Å². The van der Waals surface area contributed by atoms with E-state index >= 15 is 0 Å². The second-order valence-electron chi connectivity index (χ2n) is 4.84. The summed E-state index contributed by atoms with van der Waals surface area (Å²) in [6.45, 7) is 1.53. The number of amides is 1. The van der Waals surface area contributed by atoms with E-state index < -0.39 is 27.2 Å². The minimum absolute atomic E-state index is 0.161. The lowest BCUT2D eigenvalue weighted by Crippen LogP contribution is -2.17. The van der Waals surface area contributed by atoms with Gasteiger partial charge in [0.15, 0.2) is 5.69 Å². The van der Waals surface area contributed by atoms with Crippen molar-refractivity contribution < 1.29 is 22.9 Å². The number of carbonyl (C=O) groups excluding carboxylic acids is 1. The maximum Gasteiger partial charge on any atom is 0.436 e. The quantitative estimate of drug-likeness (QED) is 0.621. The van der Waals surface area contributed by atoms with Gasteiger partial charge >= 0.3 is 6.18 Å². The average Bonchev–Trinajstić information content (AvgIpc) is 2.76. The first kappa shape index (κ1) is 17.9. The van der Waals surface area contributed by atoms with Crippen molar-refractivity contribution in [2.75, 3.05) is 5.32 Å². The van der Waals surface area contributed by atoms with E-state index in [1.165, 1.54) is 32.2 Å². The maximum absolute atomic E-state index is 12.8. The van der Waals surface area contributed by atoms with Gasteiger partial charge in [0.05, 0.1) is 9.40 Å². The van der Waals surface area contributed by atoms with Crippen LogP contribution >= 0.6 is 15.9 Å². The number of rotatable bonds is 3. The van der Waals surface area contributed by atoms with E-state index in [2.05, 4.69) is 26.3 Å². The molecule has 0 unspecified atom stereocenters. The second-order valence-corrected chi connectivity index (χ2v) is 5.64. The second kappa shape index (κ2) is 6.23. The fourth-order valence-electron chi connectivity index (χ4n) is 2.01. The van der Waals surface area contributed by atoms with Crippen LogP contribution in [0.4, 0.5) is 24.5 Å². The lowest BCUT2D eigenvalue weighted by Gasteiger charge is -2.09. The molecule has 0 fully saturated rings. The Labute approximate surface area is 141 Å². The summed E-state index contributed by atoms with van der Waals surface area (Å²) < 4.78 is 38.8. The van der Waals surface area contributed by atoms with E-state index in [4.69, 9.17) is 0 Å². The Hall–Kier alpha value is -2.43. The standard InChI is InChI=1S/C13H10BrF3N4O3/c1-6-5-7(21(23)24)3-4-8(6)18-12(22)10-9(14)11(13(15,16)17)19-20(10)2/h3-5H,1-2H3,(H,18,22). The molecule has 128 valence electrons. The molecule has 0 aliphatic heterocycles. The molecular weight excluding hydrogens is 397 g/mol. The molecule has 1 aromatic carbocycles. The Morgan fingerprint density at radius 2 is 2.04 bits per heavy atom. The molecule has 1 aromatic heterocycles. The highest BCUT2D eigenvalue weighted by Gasteiger charge is 2.39. The van der Waals surface area contributed by atoms with Gasteiger partial charge in [-0.05, 0) is 34.5 Å². The monoisotopic (exact) mass is 406 g/mol. The Kier molecular flexibility index (Phi) is 4.65. The third kappa shape index (κ3) is 3.40. The van der Waals surface area contributed by atoms with E-state index in [1.54, 1.807) is 0 Å². The number of nitrogens with one attached hydrogen (secondary N) is 1. The molecule has 2 rings (SSSR count). The molecule has 0 bridgehead atoms. The molecule has 0 saturated heterocycles. The number of alkyl halides is 3. The number of nitrogens with zero attached hydrogens (tertiary/aromatic N) is 3. The average molecular weight is 407 g/mol. The van der Waals surface area contributed by atoms with Crippen LogP contribution < -0.4 is 5.32 Å². The van der Waals surface area contributed by atoms with E-state index in [1.807, 2.05) is 0 Å². The zero-order chi connectivity index (χ0) is 18.2. The predicted octanol–water partition coefficient (Wildman–Crippen LogP) is 3.67. The van der Waals surface area contributed by atoms with Crippen LogP contribution in [-0.2, 0) is 13.2 Å². The summed E-state index contributed by atoms with van der Waals surface area (Å²) in [6, 6.07) is 3.73. The first-order valence-corrected chi connectivity index (χ1v) is 7.17. The van der Waals surface area contributed by atoms with Gasteiger partial charge in [-0.3, -0.25) is 19.6 Å².